The Kier molecular flexibility index (Phi) is 4.54. The third-order valence-corrected chi connectivity index (χ3v) is 4.07. The molecule has 3 aromatic rings. The van der Waals surface area contributed by atoms with Crippen molar-refractivity contribution in [3.05, 3.63) is 30.6 Å². The van der Waals surface area contributed by atoms with Crippen molar-refractivity contribution in [1.82, 2.24) is 15.0 Å². The number of carbonyl (C=O) groups excluding carboxylic acids is 1. The summed E-state index contributed by atoms with van der Waals surface area (Å²) in [5.41, 5.74) is 2.08. The molecule has 0 aliphatic carbocycles. The Morgan fingerprint density at radius 1 is 1.16 bits per heavy atom. The molecule has 1 aromatic carbocycles. The van der Waals surface area contributed by atoms with Gasteiger partial charge in [-0.05, 0) is 38.5 Å². The summed E-state index contributed by atoms with van der Waals surface area (Å²) in [6.07, 6.45) is 2.89. The molecule has 130 valence electrons. The Balaban J connectivity index is 1.82. The van der Waals surface area contributed by atoms with Gasteiger partial charge in [0.15, 0.2) is 5.13 Å². The molecular formula is C17H18N4O3S. The molecule has 0 spiro atoms. The molecule has 0 aliphatic rings. The van der Waals surface area contributed by atoms with Crippen molar-refractivity contribution in [2.24, 2.45) is 0 Å². The van der Waals surface area contributed by atoms with Crippen molar-refractivity contribution in [2.75, 3.05) is 12.4 Å². The SMILES string of the molecule is COc1ncc(-c2ccc3nc(NC(=O)OC(C)(C)C)sc3c2)cn1. The van der Waals surface area contributed by atoms with Crippen molar-refractivity contribution < 1.29 is 14.3 Å². The number of methoxy groups -OCH3 is 1. The van der Waals surface area contributed by atoms with Crippen LogP contribution in [-0.4, -0.2) is 33.8 Å². The molecule has 3 rings (SSSR count). The van der Waals surface area contributed by atoms with E-state index in [1.165, 1.54) is 18.4 Å². The smallest absolute Gasteiger partial charge is 0.413 e. The summed E-state index contributed by atoms with van der Waals surface area (Å²) in [7, 11) is 1.53. The van der Waals surface area contributed by atoms with E-state index in [1.54, 1.807) is 12.4 Å². The van der Waals surface area contributed by atoms with E-state index in [4.69, 9.17) is 9.47 Å². The Morgan fingerprint density at radius 2 is 1.88 bits per heavy atom. The highest BCUT2D eigenvalue weighted by atomic mass is 32.1. The molecule has 25 heavy (non-hydrogen) atoms. The van der Waals surface area contributed by atoms with E-state index in [9.17, 15) is 4.79 Å². The molecule has 0 bridgehead atoms. The molecule has 0 radical (unpaired) electrons. The lowest BCUT2D eigenvalue weighted by atomic mass is 10.1. The molecule has 0 unspecified atom stereocenters. The maximum Gasteiger partial charge on any atom is 0.413 e. The molecule has 0 saturated carbocycles. The molecule has 0 atom stereocenters. The lowest BCUT2D eigenvalue weighted by molar-refractivity contribution is 0.0636. The molecule has 0 aliphatic heterocycles. The largest absolute Gasteiger partial charge is 0.467 e. The normalized spacial score (nSPS) is 11.4. The first-order chi connectivity index (χ1) is 11.8. The lowest BCUT2D eigenvalue weighted by Crippen LogP contribution is -2.27. The molecule has 1 amide bonds. The number of nitrogens with zero attached hydrogens (tertiary/aromatic N) is 3. The number of nitrogens with one attached hydrogen (secondary N) is 1. The molecule has 8 heteroatoms. The summed E-state index contributed by atoms with van der Waals surface area (Å²) < 4.78 is 11.2. The van der Waals surface area contributed by atoms with Crippen molar-refractivity contribution >= 4 is 32.8 Å². The minimum Gasteiger partial charge on any atom is -0.467 e. The summed E-state index contributed by atoms with van der Waals surface area (Å²) >= 11 is 1.38. The van der Waals surface area contributed by atoms with Crippen molar-refractivity contribution in [2.45, 2.75) is 26.4 Å². The first kappa shape index (κ1) is 17.1. The average molecular weight is 358 g/mol. The van der Waals surface area contributed by atoms with Gasteiger partial charge in [0, 0.05) is 18.0 Å². The minimum atomic E-state index is -0.553. The second-order valence-electron chi connectivity index (χ2n) is 6.29. The zero-order valence-electron chi connectivity index (χ0n) is 14.4. The fraction of sp³-hybridized carbons (Fsp3) is 0.294. The van der Waals surface area contributed by atoms with E-state index < -0.39 is 11.7 Å². The van der Waals surface area contributed by atoms with Gasteiger partial charge < -0.3 is 9.47 Å². The summed E-state index contributed by atoms with van der Waals surface area (Å²) in [4.78, 5) is 24.5. The van der Waals surface area contributed by atoms with Crippen LogP contribution in [0.1, 0.15) is 20.8 Å². The van der Waals surface area contributed by atoms with Crippen LogP contribution in [-0.2, 0) is 4.74 Å². The Morgan fingerprint density at radius 3 is 2.52 bits per heavy atom. The number of hydrogen-bond donors (Lipinski definition) is 1. The fourth-order valence-electron chi connectivity index (χ4n) is 2.12. The third kappa shape index (κ3) is 4.21. The fourth-order valence-corrected chi connectivity index (χ4v) is 3.01. The number of rotatable bonds is 3. The van der Waals surface area contributed by atoms with Gasteiger partial charge in [-0.3, -0.25) is 5.32 Å². The summed E-state index contributed by atoms with van der Waals surface area (Å²) in [5, 5.41) is 3.16. The summed E-state index contributed by atoms with van der Waals surface area (Å²) in [5.74, 6) is 0. The van der Waals surface area contributed by atoms with Gasteiger partial charge in [0.1, 0.15) is 5.60 Å². The van der Waals surface area contributed by atoms with E-state index in [1.807, 2.05) is 39.0 Å². The van der Waals surface area contributed by atoms with Crippen molar-refractivity contribution in [3.63, 3.8) is 0 Å². The van der Waals surface area contributed by atoms with Crippen LogP contribution in [0.2, 0.25) is 0 Å². The standard InChI is InChI=1S/C17H18N4O3S/c1-17(2,3)24-16(22)21-15-20-12-6-5-10(7-13(12)25-15)11-8-18-14(23-4)19-9-11/h5-9H,1-4H3,(H,20,21,22). The number of ether oxygens (including phenoxy) is 2. The van der Waals surface area contributed by atoms with Gasteiger partial charge >= 0.3 is 12.1 Å². The predicted octanol–water partition coefficient (Wildman–Crippen LogP) is 4.11. The highest BCUT2D eigenvalue weighted by Crippen LogP contribution is 2.30. The number of fused-ring (bicyclic) bond motifs is 1. The maximum absolute atomic E-state index is 11.9. The van der Waals surface area contributed by atoms with E-state index in [-0.39, 0.29) is 0 Å². The van der Waals surface area contributed by atoms with Gasteiger partial charge in [-0.1, -0.05) is 17.4 Å². The highest BCUT2D eigenvalue weighted by molar-refractivity contribution is 7.22. The number of aromatic nitrogens is 3. The van der Waals surface area contributed by atoms with Crippen LogP contribution in [0.3, 0.4) is 0 Å². The van der Waals surface area contributed by atoms with Crippen molar-refractivity contribution in [3.8, 4) is 17.1 Å². The zero-order valence-corrected chi connectivity index (χ0v) is 15.2. The summed E-state index contributed by atoms with van der Waals surface area (Å²) in [6, 6.07) is 6.14. The second kappa shape index (κ2) is 6.64. The third-order valence-electron chi connectivity index (χ3n) is 3.14. The second-order valence-corrected chi connectivity index (χ2v) is 7.32. The van der Waals surface area contributed by atoms with Crippen LogP contribution in [0, 0.1) is 0 Å². The van der Waals surface area contributed by atoms with E-state index in [2.05, 4.69) is 20.3 Å². The van der Waals surface area contributed by atoms with Gasteiger partial charge in [-0.25, -0.2) is 19.7 Å². The Labute approximate surface area is 149 Å². The van der Waals surface area contributed by atoms with E-state index >= 15 is 0 Å². The van der Waals surface area contributed by atoms with Gasteiger partial charge in [0.25, 0.3) is 0 Å². The Hall–Kier alpha value is -2.74. The van der Waals surface area contributed by atoms with Crippen LogP contribution in [0.4, 0.5) is 9.93 Å². The van der Waals surface area contributed by atoms with Crippen LogP contribution < -0.4 is 10.1 Å². The molecule has 1 N–H and O–H groups in total. The number of thiazole rings is 1. The van der Waals surface area contributed by atoms with Crippen LogP contribution in [0.25, 0.3) is 21.3 Å². The van der Waals surface area contributed by atoms with E-state index in [0.717, 1.165) is 21.3 Å². The first-order valence-corrected chi connectivity index (χ1v) is 8.43. The molecule has 7 nitrogen and oxygen atoms in total. The van der Waals surface area contributed by atoms with Gasteiger partial charge in [-0.15, -0.1) is 0 Å². The van der Waals surface area contributed by atoms with Crippen LogP contribution in [0.15, 0.2) is 30.6 Å². The van der Waals surface area contributed by atoms with Gasteiger partial charge in [0.05, 0.1) is 17.3 Å². The van der Waals surface area contributed by atoms with E-state index in [0.29, 0.717) is 11.1 Å². The molecule has 2 aromatic heterocycles. The van der Waals surface area contributed by atoms with Crippen LogP contribution in [0.5, 0.6) is 6.01 Å². The maximum atomic E-state index is 11.9. The minimum absolute atomic E-state index is 0.325. The predicted molar refractivity (Wildman–Crippen MR) is 97.1 cm³/mol. The number of anilines is 1. The number of amides is 1. The Bertz CT molecular complexity index is 900. The average Bonchev–Trinajstić information content (AvgIpc) is 2.94. The molecule has 2 heterocycles. The van der Waals surface area contributed by atoms with Gasteiger partial charge in [0.2, 0.25) is 0 Å². The number of carbonyl (C=O) groups is 1. The molecular weight excluding hydrogens is 340 g/mol. The zero-order chi connectivity index (χ0) is 18.0. The quantitative estimate of drug-likeness (QED) is 0.758. The lowest BCUT2D eigenvalue weighted by Gasteiger charge is -2.18. The molecule has 0 saturated heterocycles. The monoisotopic (exact) mass is 358 g/mol. The van der Waals surface area contributed by atoms with Gasteiger partial charge in [-0.2, -0.15) is 0 Å². The molecule has 0 fully saturated rings. The first-order valence-electron chi connectivity index (χ1n) is 7.61. The number of benzene rings is 1. The van der Waals surface area contributed by atoms with Crippen molar-refractivity contribution in [1.29, 1.82) is 0 Å². The topological polar surface area (TPSA) is 86.2 Å². The number of hydrogen-bond acceptors (Lipinski definition) is 7. The highest BCUT2D eigenvalue weighted by Gasteiger charge is 2.17. The summed E-state index contributed by atoms with van der Waals surface area (Å²) in [6.45, 7) is 5.44. The van der Waals surface area contributed by atoms with Crippen LogP contribution >= 0.6 is 11.3 Å².